The fraction of sp³-hybridized carbons (Fsp3) is 0.375. The van der Waals surface area contributed by atoms with Crippen LogP contribution in [0.25, 0.3) is 0 Å². The Kier molecular flexibility index (Phi) is 6.74. The van der Waals surface area contributed by atoms with Crippen LogP contribution in [0.2, 0.25) is 0 Å². The molecule has 1 aliphatic heterocycles. The summed E-state index contributed by atoms with van der Waals surface area (Å²) in [4.78, 5) is 16.2. The van der Waals surface area contributed by atoms with Gasteiger partial charge in [-0.25, -0.2) is 9.97 Å². The third kappa shape index (κ3) is 5.18. The Labute approximate surface area is 183 Å². The van der Waals surface area contributed by atoms with Crippen LogP contribution in [-0.2, 0) is 13.2 Å². The molecule has 0 amide bonds. The van der Waals surface area contributed by atoms with Crippen molar-refractivity contribution in [3.05, 3.63) is 71.3 Å². The molecule has 162 valence electrons. The Bertz CT molecular complexity index is 1030. The summed E-state index contributed by atoms with van der Waals surface area (Å²) in [5, 5.41) is 13.0. The molecule has 1 aromatic carbocycles. The SMILES string of the molecule is CCOc1ccc(CN2CCCC2c2cncc(Nc3cccc(C)n3)n2)cc1CO. The fourth-order valence-corrected chi connectivity index (χ4v) is 4.08. The second-order valence-electron chi connectivity index (χ2n) is 7.78. The number of hydrogen-bond donors (Lipinski definition) is 2. The first-order valence-corrected chi connectivity index (χ1v) is 10.8. The smallest absolute Gasteiger partial charge is 0.150 e. The maximum absolute atomic E-state index is 9.71. The molecule has 0 saturated carbocycles. The number of nitrogens with one attached hydrogen (secondary N) is 1. The summed E-state index contributed by atoms with van der Waals surface area (Å²) >= 11 is 0. The van der Waals surface area contributed by atoms with Gasteiger partial charge in [-0.1, -0.05) is 12.1 Å². The molecule has 7 nitrogen and oxygen atoms in total. The minimum Gasteiger partial charge on any atom is -0.494 e. The average Bonchev–Trinajstić information content (AvgIpc) is 3.23. The van der Waals surface area contributed by atoms with E-state index in [-0.39, 0.29) is 12.6 Å². The van der Waals surface area contributed by atoms with Crippen molar-refractivity contribution in [1.29, 1.82) is 0 Å². The number of ether oxygens (including phenoxy) is 1. The molecule has 4 rings (SSSR count). The lowest BCUT2D eigenvalue weighted by Crippen LogP contribution is -2.24. The summed E-state index contributed by atoms with van der Waals surface area (Å²) in [5.74, 6) is 2.22. The van der Waals surface area contributed by atoms with Gasteiger partial charge in [0.1, 0.15) is 17.4 Å². The minimum atomic E-state index is -0.0290. The lowest BCUT2D eigenvalue weighted by Gasteiger charge is -2.24. The molecular weight excluding hydrogens is 390 g/mol. The van der Waals surface area contributed by atoms with Gasteiger partial charge in [-0.2, -0.15) is 0 Å². The zero-order valence-electron chi connectivity index (χ0n) is 18.1. The molecule has 1 fully saturated rings. The molecule has 1 saturated heterocycles. The standard InChI is InChI=1S/C24H29N5O2/c1-3-31-22-10-9-18(12-19(22)16-30)15-29-11-5-7-21(29)20-13-25-14-24(27-20)28-23-8-4-6-17(2)26-23/h4,6,8-10,12-14,21,30H,3,5,7,11,15-16H2,1-2H3,(H,26,27,28). The van der Waals surface area contributed by atoms with Crippen molar-refractivity contribution in [2.75, 3.05) is 18.5 Å². The average molecular weight is 420 g/mol. The summed E-state index contributed by atoms with van der Waals surface area (Å²) in [6.07, 6.45) is 5.75. The number of aryl methyl sites for hydroxylation is 1. The van der Waals surface area contributed by atoms with Gasteiger partial charge in [0, 0.05) is 17.8 Å². The molecule has 7 heteroatoms. The van der Waals surface area contributed by atoms with Crippen LogP contribution in [0.15, 0.2) is 48.8 Å². The Balaban J connectivity index is 1.50. The van der Waals surface area contributed by atoms with Crippen LogP contribution in [0.3, 0.4) is 0 Å². The van der Waals surface area contributed by atoms with Crippen molar-refractivity contribution in [2.45, 2.75) is 45.9 Å². The molecule has 3 heterocycles. The summed E-state index contributed by atoms with van der Waals surface area (Å²) in [7, 11) is 0. The van der Waals surface area contributed by atoms with Gasteiger partial charge in [0.15, 0.2) is 0 Å². The first-order valence-electron chi connectivity index (χ1n) is 10.8. The molecule has 1 atom stereocenters. The number of rotatable bonds is 8. The van der Waals surface area contributed by atoms with E-state index in [0.717, 1.165) is 60.0 Å². The van der Waals surface area contributed by atoms with Crippen molar-refractivity contribution in [3.63, 3.8) is 0 Å². The van der Waals surface area contributed by atoms with Gasteiger partial charge in [0.05, 0.1) is 37.3 Å². The van der Waals surface area contributed by atoms with Crippen LogP contribution >= 0.6 is 0 Å². The second-order valence-corrected chi connectivity index (χ2v) is 7.78. The highest BCUT2D eigenvalue weighted by molar-refractivity contribution is 5.50. The largest absolute Gasteiger partial charge is 0.494 e. The molecule has 31 heavy (non-hydrogen) atoms. The predicted molar refractivity (Wildman–Crippen MR) is 120 cm³/mol. The molecule has 0 radical (unpaired) electrons. The van der Waals surface area contributed by atoms with Crippen molar-refractivity contribution in [3.8, 4) is 5.75 Å². The van der Waals surface area contributed by atoms with Crippen LogP contribution in [0.5, 0.6) is 5.75 Å². The first kappa shape index (κ1) is 21.2. The number of pyridine rings is 1. The van der Waals surface area contributed by atoms with E-state index in [0.29, 0.717) is 12.4 Å². The number of likely N-dealkylation sites (tertiary alicyclic amines) is 1. The Morgan fingerprint density at radius 2 is 2.06 bits per heavy atom. The van der Waals surface area contributed by atoms with E-state index >= 15 is 0 Å². The number of benzene rings is 1. The zero-order chi connectivity index (χ0) is 21.6. The maximum atomic E-state index is 9.71. The van der Waals surface area contributed by atoms with Gasteiger partial charge in [-0.05, 0) is 63.1 Å². The van der Waals surface area contributed by atoms with Crippen LogP contribution < -0.4 is 10.1 Å². The normalized spacial score (nSPS) is 16.4. The van der Waals surface area contributed by atoms with E-state index < -0.39 is 0 Å². The van der Waals surface area contributed by atoms with Crippen LogP contribution in [-0.4, -0.2) is 38.1 Å². The van der Waals surface area contributed by atoms with E-state index in [9.17, 15) is 5.11 Å². The molecule has 0 bridgehead atoms. The third-order valence-electron chi connectivity index (χ3n) is 5.48. The number of aliphatic hydroxyl groups excluding tert-OH is 1. The molecule has 1 unspecified atom stereocenters. The van der Waals surface area contributed by atoms with Gasteiger partial charge in [-0.3, -0.25) is 9.88 Å². The van der Waals surface area contributed by atoms with E-state index in [4.69, 9.17) is 9.72 Å². The van der Waals surface area contributed by atoms with Crippen molar-refractivity contribution in [2.24, 2.45) is 0 Å². The van der Waals surface area contributed by atoms with Crippen molar-refractivity contribution in [1.82, 2.24) is 19.9 Å². The predicted octanol–water partition coefficient (Wildman–Crippen LogP) is 4.15. The third-order valence-corrected chi connectivity index (χ3v) is 5.48. The van der Waals surface area contributed by atoms with E-state index in [1.165, 1.54) is 0 Å². The molecule has 2 N–H and O–H groups in total. The van der Waals surface area contributed by atoms with Gasteiger partial charge in [0.2, 0.25) is 0 Å². The van der Waals surface area contributed by atoms with Crippen LogP contribution in [0, 0.1) is 6.92 Å². The monoisotopic (exact) mass is 419 g/mol. The Morgan fingerprint density at radius 1 is 1.16 bits per heavy atom. The lowest BCUT2D eigenvalue weighted by molar-refractivity contribution is 0.242. The fourth-order valence-electron chi connectivity index (χ4n) is 4.08. The van der Waals surface area contributed by atoms with Gasteiger partial charge >= 0.3 is 0 Å². The maximum Gasteiger partial charge on any atom is 0.150 e. The highest BCUT2D eigenvalue weighted by Crippen LogP contribution is 2.33. The number of aromatic nitrogens is 3. The molecule has 0 aliphatic carbocycles. The van der Waals surface area contributed by atoms with Crippen molar-refractivity contribution >= 4 is 11.6 Å². The molecular formula is C24H29N5O2. The molecule has 1 aliphatic rings. The highest BCUT2D eigenvalue weighted by Gasteiger charge is 2.27. The van der Waals surface area contributed by atoms with Crippen LogP contribution in [0.4, 0.5) is 11.6 Å². The molecule has 2 aromatic heterocycles. The summed E-state index contributed by atoms with van der Waals surface area (Å²) < 4.78 is 5.61. The zero-order valence-corrected chi connectivity index (χ0v) is 18.1. The van der Waals surface area contributed by atoms with E-state index in [1.807, 2.05) is 50.4 Å². The lowest BCUT2D eigenvalue weighted by atomic mass is 10.1. The van der Waals surface area contributed by atoms with Crippen molar-refractivity contribution < 1.29 is 9.84 Å². The number of hydrogen-bond acceptors (Lipinski definition) is 7. The number of anilines is 2. The second kappa shape index (κ2) is 9.85. The molecule has 0 spiro atoms. The molecule has 3 aromatic rings. The minimum absolute atomic E-state index is 0.0290. The topological polar surface area (TPSA) is 83.4 Å². The summed E-state index contributed by atoms with van der Waals surface area (Å²) in [5.41, 5.74) is 3.90. The number of nitrogens with zero attached hydrogens (tertiary/aromatic N) is 4. The van der Waals surface area contributed by atoms with Crippen LogP contribution in [0.1, 0.15) is 48.3 Å². The Morgan fingerprint density at radius 3 is 2.87 bits per heavy atom. The van der Waals surface area contributed by atoms with Gasteiger partial charge < -0.3 is 15.2 Å². The van der Waals surface area contributed by atoms with E-state index in [2.05, 4.69) is 26.3 Å². The summed E-state index contributed by atoms with van der Waals surface area (Å²) in [6, 6.07) is 12.1. The van der Waals surface area contributed by atoms with E-state index in [1.54, 1.807) is 6.20 Å². The Hall–Kier alpha value is -3.03. The summed E-state index contributed by atoms with van der Waals surface area (Å²) in [6.45, 7) is 6.27. The highest BCUT2D eigenvalue weighted by atomic mass is 16.5. The first-order chi connectivity index (χ1) is 15.2. The number of aliphatic hydroxyl groups is 1. The van der Waals surface area contributed by atoms with Gasteiger partial charge in [-0.15, -0.1) is 0 Å². The quantitative estimate of drug-likeness (QED) is 0.567. The van der Waals surface area contributed by atoms with Gasteiger partial charge in [0.25, 0.3) is 0 Å².